The quantitative estimate of drug-likeness (QED) is 0.506. The Hall–Kier alpha value is -3.61. The standard InChI is InChI=1S/C22H20F6N4O3/c1-10(33)8-31(3)17-5-4-13-19(34)14(21(35)29-11(2)22(26,27)28)9-32(20(13)30-17)18-15(24)6-12(23)7-16(18)25/h4-7,9-11,33H,8H2,1-3H3,(H,29,35)/t10-,11-/m0/s1. The first-order valence-corrected chi connectivity index (χ1v) is 10.2. The molecule has 0 saturated carbocycles. The zero-order valence-electron chi connectivity index (χ0n) is 18.6. The molecule has 3 aromatic rings. The van der Waals surface area contributed by atoms with E-state index in [1.807, 2.05) is 0 Å². The number of aliphatic hydroxyl groups is 1. The van der Waals surface area contributed by atoms with E-state index in [0.29, 0.717) is 29.8 Å². The van der Waals surface area contributed by atoms with E-state index in [0.717, 1.165) is 0 Å². The molecular formula is C22H20F6N4O3. The first kappa shape index (κ1) is 26.0. The van der Waals surface area contributed by atoms with Crippen LogP contribution in [-0.4, -0.2) is 52.5 Å². The van der Waals surface area contributed by atoms with E-state index >= 15 is 0 Å². The van der Waals surface area contributed by atoms with Crippen molar-refractivity contribution in [1.82, 2.24) is 14.9 Å². The average molecular weight is 502 g/mol. The molecule has 0 aliphatic carbocycles. The first-order chi connectivity index (χ1) is 16.2. The third-order valence-electron chi connectivity index (χ3n) is 5.07. The minimum Gasteiger partial charge on any atom is -0.392 e. The molecule has 0 aliphatic heterocycles. The second kappa shape index (κ2) is 9.56. The Balaban J connectivity index is 2.31. The summed E-state index contributed by atoms with van der Waals surface area (Å²) in [6.07, 6.45) is -4.95. The molecule has 35 heavy (non-hydrogen) atoms. The van der Waals surface area contributed by atoms with Gasteiger partial charge in [-0.3, -0.25) is 14.2 Å². The molecule has 0 spiro atoms. The number of amides is 1. The number of hydrogen-bond donors (Lipinski definition) is 2. The van der Waals surface area contributed by atoms with Crippen LogP contribution in [0, 0.1) is 17.5 Å². The third kappa shape index (κ3) is 5.39. The van der Waals surface area contributed by atoms with Gasteiger partial charge in [0.05, 0.1) is 11.5 Å². The fourth-order valence-electron chi connectivity index (χ4n) is 3.35. The predicted molar refractivity (Wildman–Crippen MR) is 115 cm³/mol. The van der Waals surface area contributed by atoms with Gasteiger partial charge in [0.25, 0.3) is 5.91 Å². The minimum absolute atomic E-state index is 0.0951. The van der Waals surface area contributed by atoms with Crippen molar-refractivity contribution >= 4 is 22.8 Å². The number of alkyl halides is 3. The number of nitrogens with one attached hydrogen (secondary N) is 1. The summed E-state index contributed by atoms with van der Waals surface area (Å²) in [7, 11) is 1.54. The number of rotatable bonds is 6. The molecule has 0 fully saturated rings. The van der Waals surface area contributed by atoms with Gasteiger partial charge in [-0.1, -0.05) is 0 Å². The molecule has 1 aromatic carbocycles. The van der Waals surface area contributed by atoms with E-state index in [2.05, 4.69) is 4.98 Å². The molecule has 188 valence electrons. The van der Waals surface area contributed by atoms with E-state index in [9.17, 15) is 41.0 Å². The number of benzene rings is 1. The Morgan fingerprint density at radius 2 is 1.77 bits per heavy atom. The van der Waals surface area contributed by atoms with Crippen molar-refractivity contribution < 1.29 is 36.2 Å². The molecule has 2 aromatic heterocycles. The van der Waals surface area contributed by atoms with Gasteiger partial charge in [-0.15, -0.1) is 0 Å². The van der Waals surface area contributed by atoms with Crippen molar-refractivity contribution in [3.63, 3.8) is 0 Å². The highest BCUT2D eigenvalue weighted by Crippen LogP contribution is 2.25. The van der Waals surface area contributed by atoms with Crippen molar-refractivity contribution in [2.24, 2.45) is 0 Å². The number of hydrogen-bond acceptors (Lipinski definition) is 5. The first-order valence-electron chi connectivity index (χ1n) is 10.2. The van der Waals surface area contributed by atoms with Crippen molar-refractivity contribution in [2.75, 3.05) is 18.5 Å². The third-order valence-corrected chi connectivity index (χ3v) is 5.07. The molecule has 2 N–H and O–H groups in total. The van der Waals surface area contributed by atoms with E-state index in [1.165, 1.54) is 24.0 Å². The van der Waals surface area contributed by atoms with Crippen molar-refractivity contribution in [2.45, 2.75) is 32.2 Å². The Morgan fingerprint density at radius 1 is 1.17 bits per heavy atom. The van der Waals surface area contributed by atoms with E-state index < -0.39 is 58.4 Å². The van der Waals surface area contributed by atoms with E-state index in [-0.39, 0.29) is 23.4 Å². The summed E-state index contributed by atoms with van der Waals surface area (Å²) in [6, 6.07) is 0.896. The predicted octanol–water partition coefficient (Wildman–Crippen LogP) is 3.30. The van der Waals surface area contributed by atoms with Crippen LogP contribution in [0.4, 0.5) is 32.2 Å². The molecule has 2 heterocycles. The molecule has 3 rings (SSSR count). The van der Waals surface area contributed by atoms with Gasteiger partial charge in [-0.25, -0.2) is 18.2 Å². The second-order valence-electron chi connectivity index (χ2n) is 7.97. The number of aromatic nitrogens is 2. The molecular weight excluding hydrogens is 482 g/mol. The topological polar surface area (TPSA) is 87.5 Å². The molecule has 7 nitrogen and oxygen atoms in total. The monoisotopic (exact) mass is 502 g/mol. The maximum Gasteiger partial charge on any atom is 0.408 e. The highest BCUT2D eigenvalue weighted by atomic mass is 19.4. The van der Waals surface area contributed by atoms with Crippen LogP contribution >= 0.6 is 0 Å². The number of halogens is 6. The van der Waals surface area contributed by atoms with Gasteiger partial charge >= 0.3 is 6.18 Å². The van der Waals surface area contributed by atoms with Gasteiger partial charge in [0.15, 0.2) is 17.3 Å². The Bertz CT molecular complexity index is 1320. The summed E-state index contributed by atoms with van der Waals surface area (Å²) in [5.41, 5.74) is -3.14. The van der Waals surface area contributed by atoms with Crippen molar-refractivity contribution in [3.05, 3.63) is 63.7 Å². The molecule has 13 heteroatoms. The lowest BCUT2D eigenvalue weighted by molar-refractivity contribution is -0.149. The molecule has 0 unspecified atom stereocenters. The normalized spacial score (nSPS) is 13.5. The summed E-state index contributed by atoms with van der Waals surface area (Å²) < 4.78 is 82.2. The highest BCUT2D eigenvalue weighted by molar-refractivity contribution is 5.97. The van der Waals surface area contributed by atoms with Crippen LogP contribution in [0.2, 0.25) is 0 Å². The Morgan fingerprint density at radius 3 is 2.31 bits per heavy atom. The molecule has 0 bridgehead atoms. The molecule has 0 saturated heterocycles. The highest BCUT2D eigenvalue weighted by Gasteiger charge is 2.37. The fraction of sp³-hybridized carbons (Fsp3) is 0.318. The van der Waals surface area contributed by atoms with Crippen LogP contribution in [0.15, 0.2) is 35.3 Å². The van der Waals surface area contributed by atoms with Gasteiger partial charge in [0, 0.05) is 31.9 Å². The fourth-order valence-corrected chi connectivity index (χ4v) is 3.35. The van der Waals surface area contributed by atoms with Gasteiger partial charge in [-0.05, 0) is 26.0 Å². The lowest BCUT2D eigenvalue weighted by Gasteiger charge is -2.21. The maximum absolute atomic E-state index is 14.7. The Labute approximate surface area is 194 Å². The Kier molecular flexibility index (Phi) is 7.11. The summed E-state index contributed by atoms with van der Waals surface area (Å²) >= 11 is 0. The molecule has 1 amide bonds. The minimum atomic E-state index is -4.81. The van der Waals surface area contributed by atoms with Gasteiger partial charge < -0.3 is 15.3 Å². The number of anilines is 1. The van der Waals surface area contributed by atoms with Crippen molar-refractivity contribution in [1.29, 1.82) is 0 Å². The lowest BCUT2D eigenvalue weighted by atomic mass is 10.1. The summed E-state index contributed by atoms with van der Waals surface area (Å²) in [5.74, 6) is -5.33. The van der Waals surface area contributed by atoms with Crippen LogP contribution in [0.5, 0.6) is 0 Å². The van der Waals surface area contributed by atoms with E-state index in [1.54, 1.807) is 12.4 Å². The number of likely N-dealkylation sites (N-methyl/N-ethyl adjacent to an activating group) is 1. The summed E-state index contributed by atoms with van der Waals surface area (Å²) in [5, 5.41) is 10.9. The van der Waals surface area contributed by atoms with E-state index in [4.69, 9.17) is 0 Å². The van der Waals surface area contributed by atoms with Crippen LogP contribution < -0.4 is 15.6 Å². The molecule has 2 atom stereocenters. The number of aliphatic hydroxyl groups excluding tert-OH is 1. The molecule has 0 aliphatic rings. The van der Waals surface area contributed by atoms with Crippen molar-refractivity contribution in [3.8, 4) is 5.69 Å². The van der Waals surface area contributed by atoms with Crippen LogP contribution in [-0.2, 0) is 0 Å². The zero-order chi connectivity index (χ0) is 26.2. The maximum atomic E-state index is 14.7. The SMILES string of the molecule is C[C@H](O)CN(C)c1ccc2c(=O)c(C(=O)N[C@@H](C)C(F)(F)F)cn(-c3c(F)cc(F)cc3F)c2n1. The number of fused-ring (bicyclic) bond motifs is 1. The zero-order valence-corrected chi connectivity index (χ0v) is 18.6. The van der Waals surface area contributed by atoms with Crippen LogP contribution in [0.3, 0.4) is 0 Å². The number of carbonyl (C=O) groups is 1. The van der Waals surface area contributed by atoms with Gasteiger partial charge in [0.2, 0.25) is 5.43 Å². The molecule has 0 radical (unpaired) electrons. The number of pyridine rings is 2. The van der Waals surface area contributed by atoms with Crippen LogP contribution in [0.1, 0.15) is 24.2 Å². The summed E-state index contributed by atoms with van der Waals surface area (Å²) in [6.45, 7) is 2.25. The van der Waals surface area contributed by atoms with Crippen LogP contribution in [0.25, 0.3) is 16.7 Å². The lowest BCUT2D eigenvalue weighted by Crippen LogP contribution is -2.44. The average Bonchev–Trinajstić information content (AvgIpc) is 2.73. The number of carbonyl (C=O) groups excluding carboxylic acids is 1. The van der Waals surface area contributed by atoms with Gasteiger partial charge in [0.1, 0.15) is 28.9 Å². The van der Waals surface area contributed by atoms with Gasteiger partial charge in [-0.2, -0.15) is 13.2 Å². The smallest absolute Gasteiger partial charge is 0.392 e. The summed E-state index contributed by atoms with van der Waals surface area (Å²) in [4.78, 5) is 31.2. The largest absolute Gasteiger partial charge is 0.408 e. The second-order valence-corrected chi connectivity index (χ2v) is 7.97. The number of nitrogens with zero attached hydrogens (tertiary/aromatic N) is 3.